The molecule has 1 unspecified atom stereocenters. The topological polar surface area (TPSA) is 105 Å². The lowest BCUT2D eigenvalue weighted by atomic mass is 10.1. The molecule has 0 heterocycles. The van der Waals surface area contributed by atoms with E-state index in [1.165, 1.54) is 0 Å². The third kappa shape index (κ3) is 27.3. The number of likely N-dealkylation sites (N-methyl/N-ethyl adjacent to an activating group) is 1. The van der Waals surface area contributed by atoms with Gasteiger partial charge in [0, 0.05) is 6.42 Å². The van der Waals surface area contributed by atoms with Crippen LogP contribution < -0.4 is 4.89 Å². The van der Waals surface area contributed by atoms with E-state index in [0.29, 0.717) is 11.0 Å². The first kappa shape index (κ1) is 35.5. The zero-order valence-electron chi connectivity index (χ0n) is 23.4. The lowest BCUT2D eigenvalue weighted by molar-refractivity contribution is -0.870. The number of quaternary nitrogens is 1. The minimum Gasteiger partial charge on any atom is -0.756 e. The summed E-state index contributed by atoms with van der Waals surface area (Å²) in [5.41, 5.74) is 0. The number of carbonyl (C=O) groups excluding carboxylic acids is 1. The zero-order valence-corrected chi connectivity index (χ0v) is 24.3. The van der Waals surface area contributed by atoms with Crippen LogP contribution in [0.4, 0.5) is 0 Å². The molecule has 0 bridgehead atoms. The highest BCUT2D eigenvalue weighted by atomic mass is 31.2. The molecule has 0 aromatic carbocycles. The van der Waals surface area contributed by atoms with E-state index >= 15 is 0 Å². The molecule has 2 atom stereocenters. The summed E-state index contributed by atoms with van der Waals surface area (Å²) in [7, 11) is 1.22. The molecule has 0 fully saturated rings. The molecular weight excluding hydrogens is 493 g/mol. The molecule has 0 amide bonds. The number of phosphoric ester groups is 1. The van der Waals surface area contributed by atoms with Crippen molar-refractivity contribution in [3.8, 4) is 0 Å². The Morgan fingerprint density at radius 2 is 1.43 bits per heavy atom. The minimum absolute atomic E-state index is 0.0151. The van der Waals surface area contributed by atoms with Crippen LogP contribution in [-0.2, 0) is 23.1 Å². The van der Waals surface area contributed by atoms with E-state index in [9.17, 15) is 19.4 Å². The van der Waals surface area contributed by atoms with Gasteiger partial charge in [-0.3, -0.25) is 9.36 Å². The Morgan fingerprint density at radius 3 is 2.03 bits per heavy atom. The fraction of sp³-hybridized carbons (Fsp3) is 0.679. The predicted octanol–water partition coefficient (Wildman–Crippen LogP) is 5.24. The standard InChI is InChI=1S/C28H50NO7P/c1-5-6-7-8-9-10-11-12-13-14-15-16-17-18-19-20-21-22-28(31)34-25-27(30)26-36-37(32,33)35-24-23-29(2,3)4/h6-7,9-10,12-13,15-16,27,30H,5,8,11,14,17-26H2,1-4H3/b7-6-,10-9-,13-12-,16-15-/t27-/m1/s1. The van der Waals surface area contributed by atoms with Gasteiger partial charge in [0.15, 0.2) is 0 Å². The van der Waals surface area contributed by atoms with Gasteiger partial charge in [-0.1, -0.05) is 68.4 Å². The monoisotopic (exact) mass is 543 g/mol. The molecule has 0 spiro atoms. The Hall–Kier alpha value is -1.54. The lowest BCUT2D eigenvalue weighted by Gasteiger charge is -2.27. The van der Waals surface area contributed by atoms with E-state index in [0.717, 1.165) is 57.8 Å². The highest BCUT2D eigenvalue weighted by molar-refractivity contribution is 7.45. The number of nitrogens with zero attached hydrogens (tertiary/aromatic N) is 1. The minimum atomic E-state index is -4.50. The van der Waals surface area contributed by atoms with Crippen LogP contribution in [0.3, 0.4) is 0 Å². The number of aliphatic hydroxyl groups is 1. The van der Waals surface area contributed by atoms with Gasteiger partial charge < -0.3 is 28.3 Å². The molecule has 0 aromatic rings. The van der Waals surface area contributed by atoms with Crippen molar-refractivity contribution in [3.63, 3.8) is 0 Å². The summed E-state index contributed by atoms with van der Waals surface area (Å²) in [5.74, 6) is -0.414. The van der Waals surface area contributed by atoms with Crippen LogP contribution in [0.5, 0.6) is 0 Å². The molecule has 0 saturated carbocycles. The fourth-order valence-corrected chi connectivity index (χ4v) is 3.67. The predicted molar refractivity (Wildman–Crippen MR) is 148 cm³/mol. The third-order valence-electron chi connectivity index (χ3n) is 5.09. The smallest absolute Gasteiger partial charge is 0.305 e. The average Bonchev–Trinajstić information content (AvgIpc) is 2.82. The van der Waals surface area contributed by atoms with Crippen molar-refractivity contribution < 1.29 is 37.6 Å². The molecule has 0 aromatic heterocycles. The second-order valence-electron chi connectivity index (χ2n) is 9.88. The van der Waals surface area contributed by atoms with Crippen LogP contribution in [0, 0.1) is 0 Å². The van der Waals surface area contributed by atoms with Crippen LogP contribution in [0.15, 0.2) is 48.6 Å². The second kappa shape index (κ2) is 22.4. The number of esters is 1. The van der Waals surface area contributed by atoms with Gasteiger partial charge in [-0.25, -0.2) is 0 Å². The van der Waals surface area contributed by atoms with Gasteiger partial charge in [0.1, 0.15) is 25.9 Å². The molecule has 0 saturated heterocycles. The summed E-state index contributed by atoms with van der Waals surface area (Å²) in [5, 5.41) is 9.80. The normalized spacial score (nSPS) is 15.3. The Balaban J connectivity index is 3.68. The largest absolute Gasteiger partial charge is 0.756 e. The summed E-state index contributed by atoms with van der Waals surface area (Å²) in [6.45, 7) is 1.77. The summed E-state index contributed by atoms with van der Waals surface area (Å²) in [6, 6.07) is 0. The molecule has 37 heavy (non-hydrogen) atoms. The maximum absolute atomic E-state index is 11.8. The molecule has 1 N–H and O–H groups in total. The zero-order chi connectivity index (χ0) is 27.8. The van der Waals surface area contributed by atoms with Crippen LogP contribution in [0.2, 0.25) is 0 Å². The van der Waals surface area contributed by atoms with Gasteiger partial charge in [0.2, 0.25) is 0 Å². The van der Waals surface area contributed by atoms with Crippen molar-refractivity contribution in [2.24, 2.45) is 0 Å². The number of hydrogen-bond acceptors (Lipinski definition) is 7. The van der Waals surface area contributed by atoms with Crippen molar-refractivity contribution in [1.82, 2.24) is 0 Å². The van der Waals surface area contributed by atoms with Crippen molar-refractivity contribution in [2.75, 3.05) is 47.5 Å². The maximum Gasteiger partial charge on any atom is 0.305 e. The van der Waals surface area contributed by atoms with Crippen molar-refractivity contribution in [2.45, 2.75) is 77.2 Å². The molecule has 0 aliphatic rings. The Morgan fingerprint density at radius 1 is 0.865 bits per heavy atom. The highest BCUT2D eigenvalue weighted by Gasteiger charge is 2.16. The molecule has 9 heteroatoms. The molecule has 214 valence electrons. The van der Waals surface area contributed by atoms with Gasteiger partial charge in [0.05, 0.1) is 27.7 Å². The number of aliphatic hydroxyl groups excluding tert-OH is 1. The van der Waals surface area contributed by atoms with E-state index in [1.54, 1.807) is 0 Å². The number of ether oxygens (including phenoxy) is 1. The van der Waals surface area contributed by atoms with Crippen LogP contribution >= 0.6 is 7.82 Å². The van der Waals surface area contributed by atoms with Crippen LogP contribution in [0.1, 0.15) is 71.1 Å². The summed E-state index contributed by atoms with van der Waals surface area (Å²) in [6.07, 6.45) is 25.3. The first-order valence-electron chi connectivity index (χ1n) is 13.4. The van der Waals surface area contributed by atoms with Crippen molar-refractivity contribution >= 4 is 13.8 Å². The molecule has 0 radical (unpaired) electrons. The summed E-state index contributed by atoms with van der Waals surface area (Å²) >= 11 is 0. The van der Waals surface area contributed by atoms with Gasteiger partial charge in [0.25, 0.3) is 7.82 Å². The SMILES string of the molecule is CC/C=C\C/C=C\C/C=C\C/C=C\CCCCCCC(=O)OC[C@@H](O)COP(=O)([O-])OCC[N+](C)(C)C. The fourth-order valence-electron chi connectivity index (χ4n) is 2.93. The first-order valence-corrected chi connectivity index (χ1v) is 14.9. The molecule has 0 aliphatic carbocycles. The molecule has 8 nitrogen and oxygen atoms in total. The molecule has 0 rings (SSSR count). The van der Waals surface area contributed by atoms with E-state index in [-0.39, 0.29) is 19.6 Å². The number of hydrogen-bond donors (Lipinski definition) is 1. The number of allylic oxidation sites excluding steroid dienone is 8. The average molecular weight is 544 g/mol. The lowest BCUT2D eigenvalue weighted by Crippen LogP contribution is -2.37. The highest BCUT2D eigenvalue weighted by Crippen LogP contribution is 2.38. The first-order chi connectivity index (χ1) is 17.6. The number of carbonyl (C=O) groups is 1. The van der Waals surface area contributed by atoms with Gasteiger partial charge in [-0.05, 0) is 44.9 Å². The van der Waals surface area contributed by atoms with Crippen molar-refractivity contribution in [3.05, 3.63) is 48.6 Å². The second-order valence-corrected chi connectivity index (χ2v) is 11.3. The molecule has 0 aliphatic heterocycles. The Labute approximate surface area is 224 Å². The third-order valence-corrected chi connectivity index (χ3v) is 6.06. The Kier molecular flexibility index (Phi) is 21.5. The number of phosphoric acid groups is 1. The molecular formula is C28H50NO7P. The van der Waals surface area contributed by atoms with Gasteiger partial charge in [-0.2, -0.15) is 0 Å². The summed E-state index contributed by atoms with van der Waals surface area (Å²) < 4.78 is 26.6. The van der Waals surface area contributed by atoms with Gasteiger partial charge in [-0.15, -0.1) is 0 Å². The quantitative estimate of drug-likeness (QED) is 0.0617. The van der Waals surface area contributed by atoms with Crippen LogP contribution in [0.25, 0.3) is 0 Å². The van der Waals surface area contributed by atoms with Crippen LogP contribution in [-0.4, -0.2) is 69.2 Å². The Bertz CT molecular complexity index is 741. The van der Waals surface area contributed by atoms with Gasteiger partial charge >= 0.3 is 5.97 Å². The van der Waals surface area contributed by atoms with E-state index in [4.69, 9.17) is 9.26 Å². The van der Waals surface area contributed by atoms with E-state index < -0.39 is 26.5 Å². The van der Waals surface area contributed by atoms with E-state index in [1.807, 2.05) is 21.1 Å². The summed E-state index contributed by atoms with van der Waals surface area (Å²) in [4.78, 5) is 23.5. The maximum atomic E-state index is 11.8. The van der Waals surface area contributed by atoms with E-state index in [2.05, 4.69) is 60.1 Å². The number of unbranched alkanes of at least 4 members (excludes halogenated alkanes) is 4. The number of rotatable bonds is 23. The van der Waals surface area contributed by atoms with Crippen molar-refractivity contribution in [1.29, 1.82) is 0 Å².